The van der Waals surface area contributed by atoms with Gasteiger partial charge in [0.15, 0.2) is 0 Å². The van der Waals surface area contributed by atoms with Gasteiger partial charge in [-0.1, -0.05) is 11.6 Å². The van der Waals surface area contributed by atoms with Crippen LogP contribution in [0.2, 0.25) is 4.34 Å². The number of nitrogens with one attached hydrogen (secondary N) is 1. The smallest absolute Gasteiger partial charge is 0.113 e. The van der Waals surface area contributed by atoms with Gasteiger partial charge in [0.1, 0.15) is 9.34 Å². The topological polar surface area (TPSA) is 28.2 Å². The number of hydrogen-bond acceptors (Lipinski definition) is 4. The molecule has 1 saturated heterocycles. The molecule has 0 aliphatic carbocycles. The van der Waals surface area contributed by atoms with Crippen molar-refractivity contribution in [1.82, 2.24) is 15.2 Å². The zero-order valence-electron chi connectivity index (χ0n) is 8.87. The summed E-state index contributed by atoms with van der Waals surface area (Å²) in [5.74, 6) is 0.797. The van der Waals surface area contributed by atoms with Gasteiger partial charge in [0, 0.05) is 13.1 Å². The average molecular weight is 246 g/mol. The fourth-order valence-electron chi connectivity index (χ4n) is 1.95. The van der Waals surface area contributed by atoms with Crippen molar-refractivity contribution in [3.63, 3.8) is 0 Å². The van der Waals surface area contributed by atoms with Crippen molar-refractivity contribution in [1.29, 1.82) is 0 Å². The van der Waals surface area contributed by atoms with Gasteiger partial charge in [-0.3, -0.25) is 0 Å². The second-order valence-electron chi connectivity index (χ2n) is 4.11. The van der Waals surface area contributed by atoms with Gasteiger partial charge in [-0.25, -0.2) is 4.98 Å². The fourth-order valence-corrected chi connectivity index (χ4v) is 2.87. The van der Waals surface area contributed by atoms with Crippen LogP contribution in [0.1, 0.15) is 11.4 Å². The molecule has 3 nitrogen and oxygen atoms in total. The fraction of sp³-hybridized carbons (Fsp3) is 0.700. The third-order valence-corrected chi connectivity index (χ3v) is 3.84. The van der Waals surface area contributed by atoms with Crippen molar-refractivity contribution in [3.05, 3.63) is 15.5 Å². The maximum atomic E-state index is 5.81. The minimum Gasteiger partial charge on any atom is -0.310 e. The lowest BCUT2D eigenvalue weighted by Gasteiger charge is -2.10. The van der Waals surface area contributed by atoms with Gasteiger partial charge in [0.25, 0.3) is 0 Å². The Balaban J connectivity index is 1.67. The van der Waals surface area contributed by atoms with Crippen LogP contribution in [0.15, 0.2) is 6.20 Å². The van der Waals surface area contributed by atoms with E-state index in [9.17, 15) is 0 Å². The van der Waals surface area contributed by atoms with Crippen LogP contribution in [0.3, 0.4) is 0 Å². The molecule has 1 unspecified atom stereocenters. The van der Waals surface area contributed by atoms with Crippen molar-refractivity contribution in [2.24, 2.45) is 5.92 Å². The molecule has 0 bridgehead atoms. The molecule has 15 heavy (non-hydrogen) atoms. The molecule has 0 radical (unpaired) electrons. The minimum absolute atomic E-state index is 0.771. The Labute approximate surface area is 99.5 Å². The Morgan fingerprint density at radius 3 is 3.20 bits per heavy atom. The number of nitrogens with zero attached hydrogens (tertiary/aromatic N) is 2. The molecule has 1 fully saturated rings. The maximum Gasteiger partial charge on any atom is 0.113 e. The van der Waals surface area contributed by atoms with E-state index in [-0.39, 0.29) is 0 Å². The maximum absolute atomic E-state index is 5.81. The Hall–Kier alpha value is -0.160. The number of hydrogen-bond donors (Lipinski definition) is 1. The lowest BCUT2D eigenvalue weighted by molar-refractivity contribution is 0.388. The largest absolute Gasteiger partial charge is 0.310 e. The van der Waals surface area contributed by atoms with E-state index in [1.54, 1.807) is 17.5 Å². The number of likely N-dealkylation sites (tertiary alicyclic amines) is 1. The monoisotopic (exact) mass is 245 g/mol. The molecule has 1 N–H and O–H groups in total. The van der Waals surface area contributed by atoms with Gasteiger partial charge in [-0.15, -0.1) is 11.3 Å². The number of thiazole rings is 1. The number of halogens is 1. The first kappa shape index (κ1) is 11.3. The van der Waals surface area contributed by atoms with Crippen molar-refractivity contribution >= 4 is 22.9 Å². The number of aromatic nitrogens is 1. The highest BCUT2D eigenvalue weighted by Gasteiger charge is 2.18. The summed E-state index contributed by atoms with van der Waals surface area (Å²) < 4.78 is 0.771. The zero-order chi connectivity index (χ0) is 10.7. The van der Waals surface area contributed by atoms with Crippen LogP contribution in [0.5, 0.6) is 0 Å². The summed E-state index contributed by atoms with van der Waals surface area (Å²) in [6.07, 6.45) is 3.02. The van der Waals surface area contributed by atoms with Gasteiger partial charge in [0.2, 0.25) is 0 Å². The third kappa shape index (κ3) is 3.41. The molecule has 0 saturated carbocycles. The Morgan fingerprint density at radius 1 is 1.73 bits per heavy atom. The van der Waals surface area contributed by atoms with Gasteiger partial charge in [0.05, 0.1) is 6.20 Å². The highest BCUT2D eigenvalue weighted by atomic mass is 35.5. The molecular weight excluding hydrogens is 230 g/mol. The van der Waals surface area contributed by atoms with E-state index in [2.05, 4.69) is 22.2 Å². The molecule has 5 heteroatoms. The van der Waals surface area contributed by atoms with Crippen LogP contribution in [0, 0.1) is 5.92 Å². The molecule has 0 amide bonds. The molecule has 1 aromatic rings. The van der Waals surface area contributed by atoms with E-state index in [1.807, 2.05) is 0 Å². The van der Waals surface area contributed by atoms with Crippen molar-refractivity contribution in [3.8, 4) is 0 Å². The molecule has 2 rings (SSSR count). The van der Waals surface area contributed by atoms with Gasteiger partial charge in [-0.2, -0.15) is 0 Å². The van der Waals surface area contributed by atoms with Crippen LogP contribution < -0.4 is 5.32 Å². The lowest BCUT2D eigenvalue weighted by Crippen LogP contribution is -2.24. The standard InChI is InChI=1S/C10H16ClN3S/c1-14-3-2-8(7-14)4-12-6-10-13-5-9(11)15-10/h5,8,12H,2-4,6-7H2,1H3. The summed E-state index contributed by atoms with van der Waals surface area (Å²) in [7, 11) is 2.18. The first-order valence-electron chi connectivity index (χ1n) is 5.23. The molecule has 84 valence electrons. The molecule has 1 aromatic heterocycles. The van der Waals surface area contributed by atoms with E-state index < -0.39 is 0 Å². The highest BCUT2D eigenvalue weighted by molar-refractivity contribution is 7.15. The highest BCUT2D eigenvalue weighted by Crippen LogP contribution is 2.18. The summed E-state index contributed by atoms with van der Waals surface area (Å²) in [5.41, 5.74) is 0. The van der Waals surface area contributed by atoms with Crippen molar-refractivity contribution in [2.75, 3.05) is 26.7 Å². The first-order valence-corrected chi connectivity index (χ1v) is 6.43. The van der Waals surface area contributed by atoms with Crippen LogP contribution in [0.25, 0.3) is 0 Å². The van der Waals surface area contributed by atoms with Crippen LogP contribution in [-0.2, 0) is 6.54 Å². The normalized spacial score (nSPS) is 22.4. The summed E-state index contributed by atoms with van der Waals surface area (Å²) >= 11 is 7.36. The average Bonchev–Trinajstić information content (AvgIpc) is 2.76. The lowest BCUT2D eigenvalue weighted by atomic mass is 10.1. The van der Waals surface area contributed by atoms with E-state index in [1.165, 1.54) is 19.5 Å². The van der Waals surface area contributed by atoms with Crippen molar-refractivity contribution in [2.45, 2.75) is 13.0 Å². The van der Waals surface area contributed by atoms with Gasteiger partial charge in [-0.05, 0) is 32.5 Å². The molecule has 1 aliphatic rings. The Kier molecular flexibility index (Phi) is 3.97. The van der Waals surface area contributed by atoms with Gasteiger partial charge >= 0.3 is 0 Å². The Bertz CT molecular complexity index is 315. The molecule has 1 atom stereocenters. The SMILES string of the molecule is CN1CCC(CNCc2ncc(Cl)s2)C1. The molecule has 2 heterocycles. The van der Waals surface area contributed by atoms with Crippen LogP contribution in [0.4, 0.5) is 0 Å². The first-order chi connectivity index (χ1) is 7.24. The predicted molar refractivity (Wildman–Crippen MR) is 64.4 cm³/mol. The second-order valence-corrected chi connectivity index (χ2v) is 5.85. The zero-order valence-corrected chi connectivity index (χ0v) is 10.4. The second kappa shape index (κ2) is 5.25. The molecular formula is C10H16ClN3S. The van der Waals surface area contributed by atoms with Crippen molar-refractivity contribution < 1.29 is 0 Å². The third-order valence-electron chi connectivity index (χ3n) is 2.72. The van der Waals surface area contributed by atoms with E-state index in [4.69, 9.17) is 11.6 Å². The van der Waals surface area contributed by atoms with Gasteiger partial charge < -0.3 is 10.2 Å². The molecule has 1 aliphatic heterocycles. The Morgan fingerprint density at radius 2 is 2.60 bits per heavy atom. The minimum atomic E-state index is 0.771. The number of rotatable bonds is 4. The summed E-state index contributed by atoms with van der Waals surface area (Å²) in [6, 6.07) is 0. The summed E-state index contributed by atoms with van der Waals surface area (Å²) in [5, 5.41) is 4.52. The van der Waals surface area contributed by atoms with Crippen LogP contribution >= 0.6 is 22.9 Å². The summed E-state index contributed by atoms with van der Waals surface area (Å²) in [4.78, 5) is 6.59. The molecule has 0 aromatic carbocycles. The quantitative estimate of drug-likeness (QED) is 0.878. The summed E-state index contributed by atoms with van der Waals surface area (Å²) in [6.45, 7) is 4.38. The van der Waals surface area contributed by atoms with E-state index in [0.717, 1.165) is 28.4 Å². The van der Waals surface area contributed by atoms with E-state index in [0.29, 0.717) is 0 Å². The van der Waals surface area contributed by atoms with E-state index >= 15 is 0 Å². The molecule has 0 spiro atoms. The van der Waals surface area contributed by atoms with Crippen LogP contribution in [-0.4, -0.2) is 36.6 Å². The predicted octanol–water partition coefficient (Wildman–Crippen LogP) is 1.84.